The maximum atomic E-state index is 14.7. The highest BCUT2D eigenvalue weighted by Crippen LogP contribution is 2.31. The van der Waals surface area contributed by atoms with E-state index in [-0.39, 0.29) is 17.2 Å². The summed E-state index contributed by atoms with van der Waals surface area (Å²) in [6, 6.07) is 8.22. The summed E-state index contributed by atoms with van der Waals surface area (Å²) in [7, 11) is 1.28. The Hall–Kier alpha value is -4.45. The van der Waals surface area contributed by atoms with Gasteiger partial charge in [0.05, 0.1) is 19.0 Å². The molecule has 4 rings (SSSR count). The molecule has 0 fully saturated rings. The Morgan fingerprint density at radius 2 is 2.03 bits per heavy atom. The van der Waals surface area contributed by atoms with Crippen LogP contribution in [0.25, 0.3) is 16.9 Å². The van der Waals surface area contributed by atoms with Crippen molar-refractivity contribution < 1.29 is 18.3 Å². The molecule has 184 valence electrons. The molecule has 0 aliphatic rings. The first-order valence-electron chi connectivity index (χ1n) is 11.4. The number of methoxy groups -OCH3 is 1. The van der Waals surface area contributed by atoms with E-state index in [0.29, 0.717) is 47.8 Å². The van der Waals surface area contributed by atoms with Gasteiger partial charge in [-0.1, -0.05) is 6.92 Å². The molecule has 9 heteroatoms. The molecule has 0 saturated heterocycles. The van der Waals surface area contributed by atoms with Crippen molar-refractivity contribution in [2.75, 3.05) is 19.0 Å². The minimum atomic E-state index is -1.07. The van der Waals surface area contributed by atoms with E-state index < -0.39 is 11.6 Å². The van der Waals surface area contributed by atoms with E-state index in [1.807, 2.05) is 13.0 Å². The number of hydrogen-bond donors (Lipinski definition) is 2. The lowest BCUT2D eigenvalue weighted by molar-refractivity contribution is 0.0952. The first kappa shape index (κ1) is 24.7. The van der Waals surface area contributed by atoms with Crippen LogP contribution in [0.1, 0.15) is 35.7 Å². The maximum absolute atomic E-state index is 14.7. The number of carbonyl (C=O) groups excluding carboxylic acids is 1. The Balaban J connectivity index is 1.62. The number of hydrogen-bond acceptors (Lipinski definition) is 5. The number of fused-ring (bicyclic) bond motifs is 1. The van der Waals surface area contributed by atoms with Crippen LogP contribution in [0.3, 0.4) is 0 Å². The monoisotopic (exact) mass is 489 g/mol. The number of benzene rings is 2. The summed E-state index contributed by atoms with van der Waals surface area (Å²) in [5.41, 5.74) is 3.00. The van der Waals surface area contributed by atoms with Gasteiger partial charge in [0, 0.05) is 42.2 Å². The summed E-state index contributed by atoms with van der Waals surface area (Å²) in [5.74, 6) is 0.562. The molecule has 4 aromatic rings. The molecule has 2 N–H and O–H groups in total. The van der Waals surface area contributed by atoms with Gasteiger partial charge in [0.2, 0.25) is 5.82 Å². The molecule has 7 nitrogen and oxygen atoms in total. The molecule has 0 spiro atoms. The van der Waals surface area contributed by atoms with Gasteiger partial charge in [0.1, 0.15) is 0 Å². The summed E-state index contributed by atoms with van der Waals surface area (Å²) >= 11 is 0. The van der Waals surface area contributed by atoms with Gasteiger partial charge in [-0.2, -0.15) is 4.39 Å². The van der Waals surface area contributed by atoms with E-state index in [4.69, 9.17) is 11.2 Å². The van der Waals surface area contributed by atoms with Crippen molar-refractivity contribution in [1.29, 1.82) is 0 Å². The smallest absolute Gasteiger partial charge is 0.251 e. The van der Waals surface area contributed by atoms with Gasteiger partial charge in [-0.15, -0.1) is 12.3 Å². The van der Waals surface area contributed by atoms with Gasteiger partial charge in [-0.05, 0) is 48.7 Å². The molecule has 2 aromatic heterocycles. The fourth-order valence-corrected chi connectivity index (χ4v) is 3.90. The molecule has 2 aromatic carbocycles. The zero-order chi connectivity index (χ0) is 25.7. The number of ether oxygens (including phenoxy) is 1. The standard InChI is InChI=1S/C27H25F2N5O2/c1-4-6-7-12-31-27(35)19-9-8-18(15-17(19)5-2)33-25-26-32-16-21(34(26)14-13-30-25)20-10-11-22(36-3)24(29)23(20)28/h1,8-11,13-16H,5-7,12H2,2-3H3,(H,30,33)(H,31,35). The van der Waals surface area contributed by atoms with Gasteiger partial charge < -0.3 is 15.4 Å². The first-order chi connectivity index (χ1) is 17.5. The van der Waals surface area contributed by atoms with E-state index in [1.54, 1.807) is 22.7 Å². The number of aromatic nitrogens is 3. The molecule has 0 bridgehead atoms. The van der Waals surface area contributed by atoms with E-state index in [1.165, 1.54) is 31.6 Å². The van der Waals surface area contributed by atoms with E-state index in [9.17, 15) is 13.6 Å². The number of imidazole rings is 1. The van der Waals surface area contributed by atoms with E-state index >= 15 is 0 Å². The molecule has 36 heavy (non-hydrogen) atoms. The Bertz CT molecular complexity index is 1460. The zero-order valence-corrected chi connectivity index (χ0v) is 19.9. The third-order valence-electron chi connectivity index (χ3n) is 5.75. The van der Waals surface area contributed by atoms with Gasteiger partial charge in [-0.3, -0.25) is 9.20 Å². The minimum Gasteiger partial charge on any atom is -0.494 e. The van der Waals surface area contributed by atoms with Crippen LogP contribution in [0.2, 0.25) is 0 Å². The fourth-order valence-electron chi connectivity index (χ4n) is 3.90. The van der Waals surface area contributed by atoms with Crippen LogP contribution in [0.15, 0.2) is 48.9 Å². The highest BCUT2D eigenvalue weighted by molar-refractivity contribution is 5.96. The molecular formula is C27H25F2N5O2. The Labute approximate surface area is 207 Å². The predicted octanol–water partition coefficient (Wildman–Crippen LogP) is 5.13. The molecule has 0 unspecified atom stereocenters. The van der Waals surface area contributed by atoms with Crippen molar-refractivity contribution >= 4 is 23.1 Å². The summed E-state index contributed by atoms with van der Waals surface area (Å²) in [6.07, 6.45) is 11.8. The number of amides is 1. The number of aryl methyl sites for hydroxylation is 1. The van der Waals surface area contributed by atoms with E-state index in [0.717, 1.165) is 12.0 Å². The van der Waals surface area contributed by atoms with Crippen LogP contribution < -0.4 is 15.4 Å². The lowest BCUT2D eigenvalue weighted by atomic mass is 10.0. The molecule has 0 aliphatic carbocycles. The first-order valence-corrected chi connectivity index (χ1v) is 11.4. The minimum absolute atomic E-state index is 0.0452. The second-order valence-corrected chi connectivity index (χ2v) is 7.97. The number of halogens is 2. The number of carbonyl (C=O) groups is 1. The predicted molar refractivity (Wildman–Crippen MR) is 134 cm³/mol. The van der Waals surface area contributed by atoms with Crippen LogP contribution in [0.5, 0.6) is 5.75 Å². The Kier molecular flexibility index (Phi) is 7.44. The Morgan fingerprint density at radius 3 is 2.78 bits per heavy atom. The molecule has 2 heterocycles. The van der Waals surface area contributed by atoms with Crippen LogP contribution in [0.4, 0.5) is 20.3 Å². The average Bonchev–Trinajstić information content (AvgIpc) is 3.33. The molecule has 0 atom stereocenters. The second kappa shape index (κ2) is 10.9. The SMILES string of the molecule is C#CCCCNC(=O)c1ccc(Nc2nccn3c(-c4ccc(OC)c(F)c4F)cnc23)cc1CC. The summed E-state index contributed by atoms with van der Waals surface area (Å²) in [4.78, 5) is 21.3. The van der Waals surface area contributed by atoms with Crippen molar-refractivity contribution in [2.45, 2.75) is 26.2 Å². The van der Waals surface area contributed by atoms with Crippen molar-refractivity contribution in [3.8, 4) is 29.4 Å². The van der Waals surface area contributed by atoms with Crippen LogP contribution >= 0.6 is 0 Å². The number of terminal acetylenes is 1. The number of nitrogens with zero attached hydrogens (tertiary/aromatic N) is 3. The number of nitrogens with one attached hydrogen (secondary N) is 2. The van der Waals surface area contributed by atoms with Crippen LogP contribution in [-0.2, 0) is 6.42 Å². The van der Waals surface area contributed by atoms with Gasteiger partial charge in [0.25, 0.3) is 5.91 Å². The van der Waals surface area contributed by atoms with Crippen molar-refractivity contribution in [3.63, 3.8) is 0 Å². The van der Waals surface area contributed by atoms with Gasteiger partial charge in [0.15, 0.2) is 23.0 Å². The van der Waals surface area contributed by atoms with Crippen LogP contribution in [-0.4, -0.2) is 33.9 Å². The molecule has 0 radical (unpaired) electrons. The summed E-state index contributed by atoms with van der Waals surface area (Å²) < 4.78 is 35.5. The Morgan fingerprint density at radius 1 is 1.19 bits per heavy atom. The van der Waals surface area contributed by atoms with Crippen molar-refractivity contribution in [2.24, 2.45) is 0 Å². The highest BCUT2D eigenvalue weighted by atomic mass is 19.2. The molecular weight excluding hydrogens is 464 g/mol. The maximum Gasteiger partial charge on any atom is 0.251 e. The van der Waals surface area contributed by atoms with Crippen molar-refractivity contribution in [1.82, 2.24) is 19.7 Å². The fraction of sp³-hybridized carbons (Fsp3) is 0.222. The number of anilines is 2. The lowest BCUT2D eigenvalue weighted by Gasteiger charge is -2.13. The van der Waals surface area contributed by atoms with Crippen LogP contribution in [0, 0.1) is 24.0 Å². The third kappa shape index (κ3) is 4.84. The largest absolute Gasteiger partial charge is 0.494 e. The normalized spacial score (nSPS) is 10.8. The van der Waals surface area contributed by atoms with Gasteiger partial charge >= 0.3 is 0 Å². The third-order valence-corrected chi connectivity index (χ3v) is 5.75. The topological polar surface area (TPSA) is 80.6 Å². The number of rotatable bonds is 9. The second-order valence-electron chi connectivity index (χ2n) is 7.97. The molecule has 1 amide bonds. The summed E-state index contributed by atoms with van der Waals surface area (Å²) in [6.45, 7) is 2.48. The quantitative estimate of drug-likeness (QED) is 0.252. The van der Waals surface area contributed by atoms with E-state index in [2.05, 4.69) is 26.5 Å². The molecule has 0 aliphatic heterocycles. The number of unbranched alkanes of at least 4 members (excludes halogenated alkanes) is 1. The molecule has 0 saturated carbocycles. The zero-order valence-electron chi connectivity index (χ0n) is 19.9. The highest BCUT2D eigenvalue weighted by Gasteiger charge is 2.19. The summed E-state index contributed by atoms with van der Waals surface area (Å²) in [5, 5.41) is 6.11. The van der Waals surface area contributed by atoms with Gasteiger partial charge in [-0.25, -0.2) is 14.4 Å². The average molecular weight is 490 g/mol. The van der Waals surface area contributed by atoms with Crippen molar-refractivity contribution in [3.05, 3.63) is 71.7 Å². The lowest BCUT2D eigenvalue weighted by Crippen LogP contribution is -2.25.